The Balaban J connectivity index is 1.13. The zero-order chi connectivity index (χ0) is 25.8. The lowest BCUT2D eigenvalue weighted by Crippen LogP contribution is -2.49. The minimum atomic E-state index is -1.03. The fourth-order valence-corrected chi connectivity index (χ4v) is 5.56. The topological polar surface area (TPSA) is 107 Å². The lowest BCUT2D eigenvalue weighted by Gasteiger charge is -2.38. The minimum Gasteiger partial charge on any atom is -0.388 e. The lowest BCUT2D eigenvalue weighted by molar-refractivity contribution is -0.136. The molecule has 2 fully saturated rings. The van der Waals surface area contributed by atoms with Gasteiger partial charge in [0.1, 0.15) is 5.82 Å². The first-order valence-corrected chi connectivity index (χ1v) is 13.3. The van der Waals surface area contributed by atoms with E-state index in [9.17, 15) is 14.7 Å². The number of aromatic nitrogens is 4. The predicted octanol–water partition coefficient (Wildman–Crippen LogP) is 2.90. The third-order valence-corrected chi connectivity index (χ3v) is 8.01. The van der Waals surface area contributed by atoms with E-state index in [0.717, 1.165) is 37.2 Å². The van der Waals surface area contributed by atoms with Crippen LogP contribution in [0.3, 0.4) is 0 Å². The molecule has 2 aliphatic heterocycles. The van der Waals surface area contributed by atoms with Gasteiger partial charge in [-0.15, -0.1) is 0 Å². The molecule has 1 aromatic carbocycles. The van der Waals surface area contributed by atoms with Crippen molar-refractivity contribution in [3.63, 3.8) is 0 Å². The van der Waals surface area contributed by atoms with E-state index in [0.29, 0.717) is 44.1 Å². The van der Waals surface area contributed by atoms with E-state index < -0.39 is 5.60 Å². The van der Waals surface area contributed by atoms with Gasteiger partial charge in [0.15, 0.2) is 0 Å². The Bertz CT molecular complexity index is 1230. The molecule has 0 saturated carbocycles. The molecule has 2 saturated heterocycles. The number of aliphatic hydroxyl groups is 1. The van der Waals surface area contributed by atoms with E-state index in [1.807, 2.05) is 41.3 Å². The zero-order valence-corrected chi connectivity index (χ0v) is 21.4. The summed E-state index contributed by atoms with van der Waals surface area (Å²) in [6, 6.07) is 13.7. The quantitative estimate of drug-likeness (QED) is 0.512. The first-order chi connectivity index (χ1) is 17.9. The molecule has 5 rings (SSSR count). The molecule has 196 valence electrons. The molecule has 2 aliphatic rings. The third kappa shape index (κ3) is 5.93. The lowest BCUT2D eigenvalue weighted by atomic mass is 9.90. The summed E-state index contributed by atoms with van der Waals surface area (Å²) in [4.78, 5) is 34.3. The van der Waals surface area contributed by atoms with Crippen LogP contribution in [0.2, 0.25) is 0 Å². The van der Waals surface area contributed by atoms with Gasteiger partial charge in [0, 0.05) is 56.5 Å². The van der Waals surface area contributed by atoms with E-state index in [2.05, 4.69) is 27.0 Å². The molecule has 3 aromatic rings. The van der Waals surface area contributed by atoms with Crippen molar-refractivity contribution in [1.82, 2.24) is 24.6 Å². The molecule has 1 atom stereocenters. The number of likely N-dealkylation sites (tertiary alicyclic amines) is 1. The van der Waals surface area contributed by atoms with Gasteiger partial charge in [0.2, 0.25) is 5.91 Å². The maximum Gasteiger partial charge on any atom is 0.255 e. The molecule has 2 aromatic heterocycles. The van der Waals surface area contributed by atoms with E-state index in [1.54, 1.807) is 18.6 Å². The van der Waals surface area contributed by atoms with Crippen LogP contribution in [0.1, 0.15) is 62.1 Å². The minimum absolute atomic E-state index is 0.109. The standard InChI is InChI=1S/C28H36N6O3/c1-21(22-5-3-2-4-6-22)17-26(35)33-15-10-28(37,11-16-33)19-34-20-29-25(18-27(34)36)32-13-8-23(9-14-32)24-7-12-30-31-24/h2-7,12,18,20-21,23,37H,8-11,13-17,19H2,1H3,(H,30,31)/t21-/m1/s1. The van der Waals surface area contributed by atoms with Crippen molar-refractivity contribution in [2.24, 2.45) is 0 Å². The fourth-order valence-electron chi connectivity index (χ4n) is 5.56. The first-order valence-electron chi connectivity index (χ1n) is 13.3. The second-order valence-electron chi connectivity index (χ2n) is 10.6. The normalized spacial score (nSPS) is 19.1. The molecule has 0 spiro atoms. The van der Waals surface area contributed by atoms with Crippen LogP contribution in [0, 0.1) is 0 Å². The van der Waals surface area contributed by atoms with Gasteiger partial charge < -0.3 is 14.9 Å². The number of nitrogens with zero attached hydrogens (tertiary/aromatic N) is 5. The Morgan fingerprint density at radius 1 is 1.14 bits per heavy atom. The van der Waals surface area contributed by atoms with Gasteiger partial charge in [-0.25, -0.2) is 4.98 Å². The number of carbonyl (C=O) groups excluding carboxylic acids is 1. The van der Waals surface area contributed by atoms with Crippen LogP contribution < -0.4 is 10.5 Å². The Morgan fingerprint density at radius 3 is 2.51 bits per heavy atom. The molecule has 0 bridgehead atoms. The van der Waals surface area contributed by atoms with Crippen LogP contribution in [0.25, 0.3) is 0 Å². The maximum absolute atomic E-state index is 12.9. The molecule has 9 heteroatoms. The number of hydrogen-bond donors (Lipinski definition) is 2. The van der Waals surface area contributed by atoms with Crippen molar-refractivity contribution in [3.8, 4) is 0 Å². The number of aromatic amines is 1. The summed E-state index contributed by atoms with van der Waals surface area (Å²) < 4.78 is 1.50. The van der Waals surface area contributed by atoms with E-state index in [-0.39, 0.29) is 23.9 Å². The highest BCUT2D eigenvalue weighted by molar-refractivity contribution is 5.77. The van der Waals surface area contributed by atoms with Crippen molar-refractivity contribution in [2.75, 3.05) is 31.1 Å². The molecule has 0 aliphatic carbocycles. The molecule has 1 amide bonds. The summed E-state index contributed by atoms with van der Waals surface area (Å²) in [6.07, 6.45) is 6.62. The van der Waals surface area contributed by atoms with Gasteiger partial charge in [-0.05, 0) is 43.2 Å². The molecule has 0 radical (unpaired) electrons. The van der Waals surface area contributed by atoms with Crippen molar-refractivity contribution in [3.05, 3.63) is 76.6 Å². The monoisotopic (exact) mass is 504 g/mol. The van der Waals surface area contributed by atoms with E-state index >= 15 is 0 Å². The van der Waals surface area contributed by atoms with Gasteiger partial charge in [-0.3, -0.25) is 19.3 Å². The molecule has 9 nitrogen and oxygen atoms in total. The Morgan fingerprint density at radius 2 is 1.86 bits per heavy atom. The van der Waals surface area contributed by atoms with E-state index in [1.165, 1.54) is 4.57 Å². The first kappa shape index (κ1) is 25.2. The van der Waals surface area contributed by atoms with Gasteiger partial charge in [-0.2, -0.15) is 5.10 Å². The Hall–Kier alpha value is -3.46. The van der Waals surface area contributed by atoms with Crippen molar-refractivity contribution < 1.29 is 9.90 Å². The van der Waals surface area contributed by atoms with Gasteiger partial charge in [0.25, 0.3) is 5.56 Å². The molecule has 4 heterocycles. The number of hydrogen-bond acceptors (Lipinski definition) is 6. The van der Waals surface area contributed by atoms with Crippen LogP contribution in [0.5, 0.6) is 0 Å². The number of benzene rings is 1. The van der Waals surface area contributed by atoms with Crippen LogP contribution in [0.15, 0.2) is 59.8 Å². The summed E-state index contributed by atoms with van der Waals surface area (Å²) in [5.74, 6) is 1.39. The fraction of sp³-hybridized carbons (Fsp3) is 0.500. The number of amides is 1. The largest absolute Gasteiger partial charge is 0.388 e. The summed E-state index contributed by atoms with van der Waals surface area (Å²) in [6.45, 7) is 4.89. The van der Waals surface area contributed by atoms with E-state index in [4.69, 9.17) is 0 Å². The van der Waals surface area contributed by atoms with Crippen LogP contribution in [-0.4, -0.2) is 67.4 Å². The van der Waals surface area contributed by atoms with Crippen molar-refractivity contribution in [1.29, 1.82) is 0 Å². The van der Waals surface area contributed by atoms with Gasteiger partial charge in [0.05, 0.1) is 18.5 Å². The predicted molar refractivity (Wildman–Crippen MR) is 142 cm³/mol. The van der Waals surface area contributed by atoms with Crippen molar-refractivity contribution >= 4 is 11.7 Å². The summed E-state index contributed by atoms with van der Waals surface area (Å²) in [5.41, 5.74) is 1.12. The highest BCUT2D eigenvalue weighted by Crippen LogP contribution is 2.29. The molecule has 37 heavy (non-hydrogen) atoms. The number of nitrogens with one attached hydrogen (secondary N) is 1. The SMILES string of the molecule is C[C@H](CC(=O)N1CCC(O)(Cn2cnc(N3CCC(c4ccn[nH]4)CC3)cc2=O)CC1)c1ccccc1. The van der Waals surface area contributed by atoms with Gasteiger partial charge >= 0.3 is 0 Å². The average molecular weight is 505 g/mol. The number of rotatable bonds is 7. The number of H-pyrrole nitrogens is 1. The Labute approximate surface area is 217 Å². The number of piperidine rings is 2. The zero-order valence-electron chi connectivity index (χ0n) is 21.4. The van der Waals surface area contributed by atoms with Gasteiger partial charge in [-0.1, -0.05) is 37.3 Å². The molecular formula is C28H36N6O3. The smallest absolute Gasteiger partial charge is 0.255 e. The molecule has 2 N–H and O–H groups in total. The third-order valence-electron chi connectivity index (χ3n) is 8.01. The second kappa shape index (κ2) is 10.9. The second-order valence-corrected chi connectivity index (χ2v) is 10.6. The van der Waals surface area contributed by atoms with Crippen LogP contribution in [0.4, 0.5) is 5.82 Å². The average Bonchev–Trinajstić information content (AvgIpc) is 3.46. The summed E-state index contributed by atoms with van der Waals surface area (Å²) >= 11 is 0. The molecule has 0 unspecified atom stereocenters. The summed E-state index contributed by atoms with van der Waals surface area (Å²) in [7, 11) is 0. The number of carbonyl (C=O) groups is 1. The highest BCUT2D eigenvalue weighted by atomic mass is 16.3. The van der Waals surface area contributed by atoms with Crippen molar-refractivity contribution in [2.45, 2.75) is 63.0 Å². The molecular weight excluding hydrogens is 468 g/mol. The maximum atomic E-state index is 12.9. The van der Waals surface area contributed by atoms with Crippen LogP contribution >= 0.6 is 0 Å². The summed E-state index contributed by atoms with van der Waals surface area (Å²) in [5, 5.41) is 18.3. The Kier molecular flexibility index (Phi) is 7.41. The van der Waals surface area contributed by atoms with Crippen LogP contribution in [-0.2, 0) is 11.3 Å². The highest BCUT2D eigenvalue weighted by Gasteiger charge is 2.35. The number of anilines is 1.